The molecular formula is C16H19N5O3. The van der Waals surface area contributed by atoms with E-state index in [1.165, 1.54) is 0 Å². The van der Waals surface area contributed by atoms with Gasteiger partial charge in [0.1, 0.15) is 16.8 Å². The molecule has 2 heterocycles. The fourth-order valence-electron chi connectivity index (χ4n) is 2.50. The highest BCUT2D eigenvalue weighted by Crippen LogP contribution is 2.18. The monoisotopic (exact) mass is 329 g/mol. The van der Waals surface area contributed by atoms with Gasteiger partial charge in [0.2, 0.25) is 0 Å². The van der Waals surface area contributed by atoms with Crippen molar-refractivity contribution >= 4 is 22.8 Å². The Morgan fingerprint density at radius 1 is 1.38 bits per heavy atom. The number of furan rings is 1. The lowest BCUT2D eigenvalue weighted by atomic mass is 10.2. The summed E-state index contributed by atoms with van der Waals surface area (Å²) in [6.45, 7) is 2.09. The van der Waals surface area contributed by atoms with Gasteiger partial charge in [-0.15, -0.1) is 0 Å². The number of anilines is 1. The molecule has 0 aliphatic carbocycles. The molecule has 0 aliphatic heterocycles. The predicted molar refractivity (Wildman–Crippen MR) is 88.3 cm³/mol. The Labute approximate surface area is 138 Å². The fourth-order valence-corrected chi connectivity index (χ4v) is 2.50. The minimum Gasteiger partial charge on any atom is -0.467 e. The molecule has 8 nitrogen and oxygen atoms in total. The quantitative estimate of drug-likeness (QED) is 0.643. The summed E-state index contributed by atoms with van der Waals surface area (Å²) in [5.74, 6) is 0.656. The average molecular weight is 329 g/mol. The van der Waals surface area contributed by atoms with Crippen molar-refractivity contribution in [3.05, 3.63) is 42.4 Å². The first-order valence-electron chi connectivity index (χ1n) is 7.72. The summed E-state index contributed by atoms with van der Waals surface area (Å²) >= 11 is 0. The third-order valence-electron chi connectivity index (χ3n) is 3.86. The van der Waals surface area contributed by atoms with Crippen LogP contribution in [0.2, 0.25) is 0 Å². The molecule has 1 atom stereocenters. The molecule has 0 spiro atoms. The van der Waals surface area contributed by atoms with Crippen LogP contribution in [-0.4, -0.2) is 44.1 Å². The molecule has 0 fully saturated rings. The van der Waals surface area contributed by atoms with Crippen LogP contribution in [0.1, 0.15) is 19.1 Å². The Morgan fingerprint density at radius 2 is 2.21 bits per heavy atom. The van der Waals surface area contributed by atoms with Gasteiger partial charge in [-0.3, -0.25) is 0 Å². The van der Waals surface area contributed by atoms with Crippen LogP contribution in [-0.2, 0) is 6.54 Å². The molecule has 3 N–H and O–H groups in total. The first kappa shape index (κ1) is 16.0. The molecule has 3 aromatic rings. The minimum absolute atomic E-state index is 0.118. The van der Waals surface area contributed by atoms with Crippen molar-refractivity contribution in [1.29, 1.82) is 0 Å². The maximum atomic E-state index is 12.7. The van der Waals surface area contributed by atoms with Gasteiger partial charge in [0.15, 0.2) is 0 Å². The second-order valence-electron chi connectivity index (χ2n) is 5.41. The van der Waals surface area contributed by atoms with Gasteiger partial charge in [-0.2, -0.15) is 15.4 Å². The van der Waals surface area contributed by atoms with Crippen LogP contribution in [0.15, 0.2) is 41.0 Å². The summed E-state index contributed by atoms with van der Waals surface area (Å²) < 4.78 is 5.33. The van der Waals surface area contributed by atoms with Gasteiger partial charge in [-0.25, -0.2) is 4.79 Å². The number of benzene rings is 1. The number of aromatic nitrogens is 3. The van der Waals surface area contributed by atoms with Gasteiger partial charge >= 0.3 is 6.03 Å². The first-order chi connectivity index (χ1) is 11.7. The molecule has 8 heteroatoms. The molecule has 0 unspecified atom stereocenters. The summed E-state index contributed by atoms with van der Waals surface area (Å²) in [4.78, 5) is 14.3. The zero-order valence-corrected chi connectivity index (χ0v) is 13.3. The SMILES string of the molecule is CC[C@@H](CO)N(Cc1ccco1)C(=O)Nc1ccc2n[nH]nc2c1. The van der Waals surface area contributed by atoms with E-state index in [0.717, 1.165) is 5.52 Å². The number of amides is 2. The van der Waals surface area contributed by atoms with Crippen molar-refractivity contribution in [3.63, 3.8) is 0 Å². The number of aliphatic hydroxyl groups is 1. The van der Waals surface area contributed by atoms with Crippen molar-refractivity contribution in [3.8, 4) is 0 Å². The lowest BCUT2D eigenvalue weighted by Gasteiger charge is -2.29. The molecule has 0 saturated heterocycles. The number of hydrogen-bond acceptors (Lipinski definition) is 5. The summed E-state index contributed by atoms with van der Waals surface area (Å²) in [5.41, 5.74) is 2.00. The molecule has 0 aliphatic rings. The number of nitrogens with one attached hydrogen (secondary N) is 2. The Balaban J connectivity index is 1.78. The highest BCUT2D eigenvalue weighted by atomic mass is 16.3. The first-order valence-corrected chi connectivity index (χ1v) is 7.72. The Morgan fingerprint density at radius 3 is 2.92 bits per heavy atom. The van der Waals surface area contributed by atoms with E-state index >= 15 is 0 Å². The van der Waals surface area contributed by atoms with Gasteiger partial charge in [0, 0.05) is 5.69 Å². The summed E-state index contributed by atoms with van der Waals surface area (Å²) in [5, 5.41) is 22.9. The number of carbonyl (C=O) groups excluding carboxylic acids is 1. The third-order valence-corrected chi connectivity index (χ3v) is 3.86. The van der Waals surface area contributed by atoms with Crippen molar-refractivity contribution < 1.29 is 14.3 Å². The topological polar surface area (TPSA) is 107 Å². The highest BCUT2D eigenvalue weighted by Gasteiger charge is 2.23. The lowest BCUT2D eigenvalue weighted by molar-refractivity contribution is 0.129. The third kappa shape index (κ3) is 3.38. The number of rotatable bonds is 6. The zero-order chi connectivity index (χ0) is 16.9. The molecule has 126 valence electrons. The Hall–Kier alpha value is -2.87. The number of aromatic amines is 1. The maximum absolute atomic E-state index is 12.7. The van der Waals surface area contributed by atoms with Crippen LogP contribution in [0.25, 0.3) is 11.0 Å². The van der Waals surface area contributed by atoms with Gasteiger partial charge < -0.3 is 19.7 Å². The molecule has 0 saturated carbocycles. The van der Waals surface area contributed by atoms with E-state index in [0.29, 0.717) is 23.4 Å². The van der Waals surface area contributed by atoms with Gasteiger partial charge in [-0.1, -0.05) is 6.92 Å². The van der Waals surface area contributed by atoms with Crippen molar-refractivity contribution in [1.82, 2.24) is 20.3 Å². The lowest BCUT2D eigenvalue weighted by Crippen LogP contribution is -2.44. The van der Waals surface area contributed by atoms with Crippen LogP contribution in [0, 0.1) is 0 Å². The molecule has 0 bridgehead atoms. The van der Waals surface area contributed by atoms with E-state index in [4.69, 9.17) is 4.42 Å². The highest BCUT2D eigenvalue weighted by molar-refractivity contribution is 5.91. The van der Waals surface area contributed by atoms with Gasteiger partial charge in [0.05, 0.1) is 25.5 Å². The second-order valence-corrected chi connectivity index (χ2v) is 5.41. The molecule has 2 aromatic heterocycles. The van der Waals surface area contributed by atoms with Crippen molar-refractivity contribution in [2.45, 2.75) is 25.9 Å². The summed E-state index contributed by atoms with van der Waals surface area (Å²) in [6, 6.07) is 8.22. The summed E-state index contributed by atoms with van der Waals surface area (Å²) in [7, 11) is 0. The number of H-pyrrole nitrogens is 1. The Bertz CT molecular complexity index is 795. The van der Waals surface area contributed by atoms with E-state index < -0.39 is 0 Å². The van der Waals surface area contributed by atoms with E-state index in [9.17, 15) is 9.90 Å². The summed E-state index contributed by atoms with van der Waals surface area (Å²) in [6.07, 6.45) is 2.19. The van der Waals surface area contributed by atoms with E-state index in [1.807, 2.05) is 6.92 Å². The van der Waals surface area contributed by atoms with Crippen LogP contribution in [0.4, 0.5) is 10.5 Å². The predicted octanol–water partition coefficient (Wildman–Crippen LogP) is 2.36. The number of nitrogens with zero attached hydrogens (tertiary/aromatic N) is 3. The Kier molecular flexibility index (Phi) is 4.76. The molecule has 3 rings (SSSR count). The molecule has 0 radical (unpaired) electrons. The fraction of sp³-hybridized carbons (Fsp3) is 0.312. The molecule has 1 aromatic carbocycles. The average Bonchev–Trinajstić information content (AvgIpc) is 3.25. The van der Waals surface area contributed by atoms with Gasteiger partial charge in [-0.05, 0) is 36.8 Å². The van der Waals surface area contributed by atoms with Gasteiger partial charge in [0.25, 0.3) is 0 Å². The number of hydrogen-bond donors (Lipinski definition) is 3. The van der Waals surface area contributed by atoms with Crippen molar-refractivity contribution in [2.75, 3.05) is 11.9 Å². The number of fused-ring (bicyclic) bond motifs is 1. The second kappa shape index (κ2) is 7.14. The maximum Gasteiger partial charge on any atom is 0.322 e. The standard InChI is InChI=1S/C16H19N5O3/c1-2-12(10-22)21(9-13-4-3-7-24-13)16(23)17-11-5-6-14-15(8-11)19-20-18-14/h3-8,12,22H,2,9-10H2,1H3,(H,17,23)(H,18,19,20)/t12-/m0/s1. The van der Waals surface area contributed by atoms with E-state index in [1.54, 1.807) is 41.5 Å². The molecule has 2 amide bonds. The van der Waals surface area contributed by atoms with Crippen LogP contribution in [0.3, 0.4) is 0 Å². The molecular weight excluding hydrogens is 310 g/mol. The smallest absolute Gasteiger partial charge is 0.322 e. The van der Waals surface area contributed by atoms with Crippen molar-refractivity contribution in [2.24, 2.45) is 0 Å². The van der Waals surface area contributed by atoms with Crippen LogP contribution < -0.4 is 5.32 Å². The van der Waals surface area contributed by atoms with Crippen LogP contribution in [0.5, 0.6) is 0 Å². The number of urea groups is 1. The van der Waals surface area contributed by atoms with Crippen LogP contribution >= 0.6 is 0 Å². The minimum atomic E-state index is -0.310. The number of aliphatic hydroxyl groups excluding tert-OH is 1. The largest absolute Gasteiger partial charge is 0.467 e. The van der Waals surface area contributed by atoms with E-state index in [2.05, 4.69) is 20.7 Å². The number of carbonyl (C=O) groups is 1. The zero-order valence-electron chi connectivity index (χ0n) is 13.3. The normalized spacial score (nSPS) is 12.2. The van der Waals surface area contributed by atoms with E-state index in [-0.39, 0.29) is 25.2 Å². The molecule has 24 heavy (non-hydrogen) atoms.